The predicted molar refractivity (Wildman–Crippen MR) is 80.7 cm³/mol. The maximum atomic E-state index is 12.3. The molecule has 0 aliphatic carbocycles. The van der Waals surface area contributed by atoms with Gasteiger partial charge in [0.1, 0.15) is 0 Å². The van der Waals surface area contributed by atoms with Crippen LogP contribution in [0, 0.1) is 29.4 Å². The van der Waals surface area contributed by atoms with E-state index in [9.17, 15) is 18.5 Å². The van der Waals surface area contributed by atoms with Crippen LogP contribution in [-0.2, 0) is 10.0 Å². The highest BCUT2D eigenvalue weighted by Crippen LogP contribution is 2.29. The molecule has 0 saturated heterocycles. The van der Waals surface area contributed by atoms with Gasteiger partial charge < -0.3 is 0 Å². The molecule has 6 nitrogen and oxygen atoms in total. The van der Waals surface area contributed by atoms with Crippen LogP contribution in [0.1, 0.15) is 25.3 Å². The van der Waals surface area contributed by atoms with Crippen LogP contribution in [0.2, 0.25) is 5.02 Å². The first kappa shape index (κ1) is 17.4. The smallest absolute Gasteiger partial charge is 0.258 e. The fourth-order valence-corrected chi connectivity index (χ4v) is 3.33. The molecular weight excluding hydrogens is 316 g/mol. The van der Waals surface area contributed by atoms with E-state index in [-0.39, 0.29) is 27.6 Å². The summed E-state index contributed by atoms with van der Waals surface area (Å²) in [5.74, 6) is 2.38. The number of hydrogen-bond acceptors (Lipinski definition) is 4. The third kappa shape index (κ3) is 4.17. The molecule has 0 aliphatic heterocycles. The number of terminal acetylenes is 1. The zero-order valence-electron chi connectivity index (χ0n) is 11.6. The Kier molecular flexibility index (Phi) is 5.72. The number of nitrogens with one attached hydrogen (secondary N) is 1. The number of nitrogens with zero attached hydrogens (tertiary/aromatic N) is 1. The fourth-order valence-electron chi connectivity index (χ4n) is 1.68. The van der Waals surface area contributed by atoms with E-state index in [1.807, 2.05) is 0 Å². The van der Waals surface area contributed by atoms with Crippen LogP contribution in [0.3, 0.4) is 0 Å². The van der Waals surface area contributed by atoms with Gasteiger partial charge in [-0.3, -0.25) is 10.1 Å². The standard InChI is InChI=1S/C13H15ClN2O4S/c1-4-6-10(5-2)15-21(19,20)11-7-12(14)9(3)13(8-11)16(17)18/h1,7-8,10,15H,5-6H2,2-3H3. The van der Waals surface area contributed by atoms with E-state index in [0.717, 1.165) is 6.07 Å². The minimum absolute atomic E-state index is 0.0228. The molecule has 0 amide bonds. The Hall–Kier alpha value is -1.62. The lowest BCUT2D eigenvalue weighted by molar-refractivity contribution is -0.385. The largest absolute Gasteiger partial charge is 0.275 e. The summed E-state index contributed by atoms with van der Waals surface area (Å²) in [6.45, 7) is 3.24. The van der Waals surface area contributed by atoms with Gasteiger partial charge in [0.05, 0.1) is 14.8 Å². The van der Waals surface area contributed by atoms with Crippen molar-refractivity contribution in [1.29, 1.82) is 0 Å². The SMILES string of the molecule is C#CCC(CC)NS(=O)(=O)c1cc(Cl)c(C)c([N+](=O)[O-])c1. The van der Waals surface area contributed by atoms with Crippen LogP contribution in [0.4, 0.5) is 5.69 Å². The molecule has 1 aromatic carbocycles. The van der Waals surface area contributed by atoms with Gasteiger partial charge in [0.15, 0.2) is 0 Å². The molecule has 0 spiro atoms. The lowest BCUT2D eigenvalue weighted by Crippen LogP contribution is -2.34. The van der Waals surface area contributed by atoms with Gasteiger partial charge in [-0.2, -0.15) is 0 Å². The molecular formula is C13H15ClN2O4S. The highest BCUT2D eigenvalue weighted by atomic mass is 35.5. The number of halogens is 1. The third-order valence-electron chi connectivity index (χ3n) is 2.98. The molecule has 8 heteroatoms. The Labute approximate surface area is 128 Å². The molecule has 1 unspecified atom stereocenters. The van der Waals surface area contributed by atoms with Gasteiger partial charge in [-0.15, -0.1) is 12.3 Å². The maximum absolute atomic E-state index is 12.3. The van der Waals surface area contributed by atoms with Gasteiger partial charge in [0.25, 0.3) is 5.69 Å². The van der Waals surface area contributed by atoms with Crippen molar-refractivity contribution >= 4 is 27.3 Å². The molecule has 1 N–H and O–H groups in total. The average molecular weight is 331 g/mol. The highest BCUT2D eigenvalue weighted by Gasteiger charge is 2.24. The first-order valence-electron chi connectivity index (χ1n) is 6.13. The summed E-state index contributed by atoms with van der Waals surface area (Å²) in [6.07, 6.45) is 5.91. The Balaban J connectivity index is 3.26. The normalized spacial score (nSPS) is 12.7. The Bertz CT molecular complexity index is 695. The molecule has 21 heavy (non-hydrogen) atoms. The van der Waals surface area contributed by atoms with Crippen LogP contribution >= 0.6 is 11.6 Å². The van der Waals surface area contributed by atoms with E-state index >= 15 is 0 Å². The van der Waals surface area contributed by atoms with Crippen molar-refractivity contribution in [1.82, 2.24) is 4.72 Å². The Morgan fingerprint density at radius 3 is 2.62 bits per heavy atom. The topological polar surface area (TPSA) is 89.3 Å². The summed E-state index contributed by atoms with van der Waals surface area (Å²) in [5, 5.41) is 11.0. The Morgan fingerprint density at radius 1 is 1.52 bits per heavy atom. The molecule has 1 atom stereocenters. The van der Waals surface area contributed by atoms with Crippen LogP contribution in [-0.4, -0.2) is 19.4 Å². The summed E-state index contributed by atoms with van der Waals surface area (Å²) < 4.78 is 26.9. The second-order valence-corrected chi connectivity index (χ2v) is 6.56. The molecule has 0 bridgehead atoms. The van der Waals surface area contributed by atoms with Gasteiger partial charge in [-0.1, -0.05) is 18.5 Å². The summed E-state index contributed by atoms with van der Waals surface area (Å²) >= 11 is 5.87. The quantitative estimate of drug-likeness (QED) is 0.493. The van der Waals surface area contributed by atoms with Crippen LogP contribution in [0.5, 0.6) is 0 Å². The summed E-state index contributed by atoms with van der Waals surface area (Å²) in [6, 6.07) is 1.75. The lowest BCUT2D eigenvalue weighted by atomic mass is 10.2. The molecule has 0 radical (unpaired) electrons. The second kappa shape index (κ2) is 6.89. The van der Waals surface area contributed by atoms with E-state index in [1.54, 1.807) is 6.92 Å². The molecule has 1 rings (SSSR count). The van der Waals surface area contributed by atoms with E-state index in [4.69, 9.17) is 18.0 Å². The highest BCUT2D eigenvalue weighted by molar-refractivity contribution is 7.89. The molecule has 0 heterocycles. The lowest BCUT2D eigenvalue weighted by Gasteiger charge is -2.15. The predicted octanol–water partition coefficient (Wildman–Crippen LogP) is 2.64. The van der Waals surface area contributed by atoms with Gasteiger partial charge in [-0.05, 0) is 19.4 Å². The molecule has 1 aromatic rings. The zero-order valence-corrected chi connectivity index (χ0v) is 13.2. The van der Waals surface area contributed by atoms with Crippen LogP contribution < -0.4 is 4.72 Å². The van der Waals surface area contributed by atoms with Gasteiger partial charge >= 0.3 is 0 Å². The number of rotatable bonds is 6. The Morgan fingerprint density at radius 2 is 2.14 bits per heavy atom. The fraction of sp³-hybridized carbons (Fsp3) is 0.385. The first-order valence-corrected chi connectivity index (χ1v) is 7.99. The summed E-state index contributed by atoms with van der Waals surface area (Å²) in [7, 11) is -3.92. The number of nitro groups is 1. The maximum Gasteiger partial charge on any atom is 0.275 e. The monoisotopic (exact) mass is 330 g/mol. The molecule has 0 fully saturated rings. The number of hydrogen-bond donors (Lipinski definition) is 1. The minimum Gasteiger partial charge on any atom is -0.258 e. The van der Waals surface area contributed by atoms with Gasteiger partial charge in [0, 0.05) is 24.1 Å². The van der Waals surface area contributed by atoms with E-state index in [0.29, 0.717) is 6.42 Å². The van der Waals surface area contributed by atoms with Gasteiger partial charge in [0.2, 0.25) is 10.0 Å². The summed E-state index contributed by atoms with van der Waals surface area (Å²) in [5.41, 5.74) is -0.121. The van der Waals surface area contributed by atoms with E-state index < -0.39 is 21.0 Å². The van der Waals surface area contributed by atoms with Crippen LogP contribution in [0.15, 0.2) is 17.0 Å². The van der Waals surface area contributed by atoms with Crippen molar-refractivity contribution < 1.29 is 13.3 Å². The van der Waals surface area contributed by atoms with Crippen molar-refractivity contribution in [2.24, 2.45) is 0 Å². The molecule has 0 saturated carbocycles. The number of benzene rings is 1. The van der Waals surface area contributed by atoms with Gasteiger partial charge in [-0.25, -0.2) is 13.1 Å². The third-order valence-corrected chi connectivity index (χ3v) is 4.87. The molecule has 0 aromatic heterocycles. The average Bonchev–Trinajstić information content (AvgIpc) is 2.40. The van der Waals surface area contributed by atoms with Crippen LogP contribution in [0.25, 0.3) is 0 Å². The van der Waals surface area contributed by atoms with Crippen molar-refractivity contribution in [3.05, 3.63) is 32.8 Å². The van der Waals surface area contributed by atoms with Crippen molar-refractivity contribution in [3.8, 4) is 12.3 Å². The zero-order chi connectivity index (χ0) is 16.2. The molecule has 114 valence electrons. The van der Waals surface area contributed by atoms with Crippen molar-refractivity contribution in [2.45, 2.75) is 37.6 Å². The number of nitro benzene ring substituents is 1. The van der Waals surface area contributed by atoms with E-state index in [1.165, 1.54) is 13.0 Å². The number of sulfonamides is 1. The second-order valence-electron chi connectivity index (χ2n) is 4.44. The molecule has 0 aliphatic rings. The van der Waals surface area contributed by atoms with E-state index in [2.05, 4.69) is 10.6 Å². The van der Waals surface area contributed by atoms with Crippen molar-refractivity contribution in [3.63, 3.8) is 0 Å². The summed E-state index contributed by atoms with van der Waals surface area (Å²) in [4.78, 5) is 10.0. The van der Waals surface area contributed by atoms with Crippen molar-refractivity contribution in [2.75, 3.05) is 0 Å². The minimum atomic E-state index is -3.92. The first-order chi connectivity index (χ1) is 9.72.